The van der Waals surface area contributed by atoms with E-state index in [-0.39, 0.29) is 23.8 Å². The minimum atomic E-state index is -0.278. The average molecular weight is 488 g/mol. The maximum atomic E-state index is 13.1. The molecule has 0 aliphatic heterocycles. The van der Waals surface area contributed by atoms with Gasteiger partial charge in [-0.15, -0.1) is 10.2 Å². The van der Waals surface area contributed by atoms with Crippen molar-refractivity contribution in [1.82, 2.24) is 34.4 Å². The lowest BCUT2D eigenvalue weighted by atomic mass is 10.2. The van der Waals surface area contributed by atoms with Crippen molar-refractivity contribution in [3.63, 3.8) is 0 Å². The molecule has 0 aliphatic rings. The predicted molar refractivity (Wildman–Crippen MR) is 118 cm³/mol. The molecular formula is C20H22BrN7O3. The van der Waals surface area contributed by atoms with Gasteiger partial charge in [-0.05, 0) is 46.6 Å². The number of aryl methyl sites for hydroxylation is 1. The van der Waals surface area contributed by atoms with Gasteiger partial charge in [0, 0.05) is 25.1 Å². The summed E-state index contributed by atoms with van der Waals surface area (Å²) in [5.41, 5.74) is 1.08. The third-order valence-electron chi connectivity index (χ3n) is 5.03. The van der Waals surface area contributed by atoms with Gasteiger partial charge in [0.2, 0.25) is 5.78 Å². The molecule has 0 radical (unpaired) electrons. The number of hydrogen-bond donors (Lipinski definition) is 3. The largest absolute Gasteiger partial charge is 0.508 e. The Morgan fingerprint density at radius 2 is 2.00 bits per heavy atom. The van der Waals surface area contributed by atoms with Gasteiger partial charge in [-0.1, -0.05) is 19.8 Å². The maximum Gasteiger partial charge on any atom is 0.286 e. The number of carbonyl (C=O) groups excluding carboxylic acids is 1. The third-order valence-corrected chi connectivity index (χ3v) is 5.41. The molecule has 0 atom stereocenters. The van der Waals surface area contributed by atoms with Gasteiger partial charge in [0.25, 0.3) is 11.5 Å². The van der Waals surface area contributed by atoms with Crippen molar-refractivity contribution in [2.24, 2.45) is 0 Å². The molecule has 0 saturated heterocycles. The second-order valence-electron chi connectivity index (χ2n) is 7.19. The first-order valence-electron chi connectivity index (χ1n) is 10.1. The van der Waals surface area contributed by atoms with Crippen LogP contribution in [0.3, 0.4) is 0 Å². The number of H-pyrrole nitrogens is 1. The molecule has 0 spiro atoms. The van der Waals surface area contributed by atoms with Gasteiger partial charge in [-0.2, -0.15) is 0 Å². The molecule has 4 rings (SSSR count). The second-order valence-corrected chi connectivity index (χ2v) is 7.95. The molecule has 31 heavy (non-hydrogen) atoms. The van der Waals surface area contributed by atoms with E-state index >= 15 is 0 Å². The SMILES string of the molecule is CCCCCn1c2nc(Br)[nH]c2c(=O)n2c(CCNC(=O)c3ccc(O)cc3)nnc12. The van der Waals surface area contributed by atoms with Crippen LogP contribution in [0.25, 0.3) is 16.9 Å². The molecule has 0 bridgehead atoms. The monoisotopic (exact) mass is 487 g/mol. The molecule has 3 aromatic heterocycles. The molecule has 11 heteroatoms. The Labute approximate surface area is 185 Å². The first-order valence-corrected chi connectivity index (χ1v) is 10.9. The molecule has 0 aliphatic carbocycles. The number of aromatic hydroxyl groups is 1. The summed E-state index contributed by atoms with van der Waals surface area (Å²) in [4.78, 5) is 32.7. The zero-order chi connectivity index (χ0) is 22.0. The molecule has 162 valence electrons. The summed E-state index contributed by atoms with van der Waals surface area (Å²) in [6.45, 7) is 3.07. The fraction of sp³-hybridized carbons (Fsp3) is 0.350. The van der Waals surface area contributed by atoms with Crippen molar-refractivity contribution < 1.29 is 9.90 Å². The van der Waals surface area contributed by atoms with Crippen LogP contribution in [0.15, 0.2) is 33.8 Å². The summed E-state index contributed by atoms with van der Waals surface area (Å²) < 4.78 is 3.86. The number of fused-ring (bicyclic) bond motifs is 2. The van der Waals surface area contributed by atoms with E-state index in [2.05, 4.69) is 48.3 Å². The smallest absolute Gasteiger partial charge is 0.286 e. The Bertz CT molecular complexity index is 1290. The minimum Gasteiger partial charge on any atom is -0.508 e. The summed E-state index contributed by atoms with van der Waals surface area (Å²) in [6.07, 6.45) is 3.38. The summed E-state index contributed by atoms with van der Waals surface area (Å²) in [5, 5.41) is 20.6. The number of nitrogens with zero attached hydrogens (tertiary/aromatic N) is 5. The van der Waals surface area contributed by atoms with Crippen molar-refractivity contribution >= 4 is 38.8 Å². The summed E-state index contributed by atoms with van der Waals surface area (Å²) >= 11 is 3.31. The van der Waals surface area contributed by atoms with Crippen LogP contribution in [0.2, 0.25) is 0 Å². The summed E-state index contributed by atoms with van der Waals surface area (Å²) in [5.74, 6) is 0.722. The highest BCUT2D eigenvalue weighted by Crippen LogP contribution is 2.16. The van der Waals surface area contributed by atoms with Gasteiger partial charge in [0.1, 0.15) is 11.6 Å². The number of carbonyl (C=O) groups is 1. The molecule has 0 fully saturated rings. The molecule has 4 aromatic rings. The second kappa shape index (κ2) is 8.88. The number of phenols is 1. The van der Waals surface area contributed by atoms with Crippen LogP contribution in [0.4, 0.5) is 0 Å². The molecule has 3 N–H and O–H groups in total. The van der Waals surface area contributed by atoms with E-state index in [0.717, 1.165) is 19.3 Å². The third kappa shape index (κ3) is 4.18. The van der Waals surface area contributed by atoms with E-state index in [1.165, 1.54) is 16.5 Å². The lowest BCUT2D eigenvalue weighted by molar-refractivity contribution is 0.0954. The number of nitrogens with one attached hydrogen (secondary N) is 2. The first kappa shape index (κ1) is 21.0. The number of amides is 1. The Hall–Kier alpha value is -3.21. The number of hydrogen-bond acceptors (Lipinski definition) is 6. The number of benzene rings is 1. The highest BCUT2D eigenvalue weighted by molar-refractivity contribution is 9.10. The number of phenolic OH excluding ortho intramolecular Hbond substituents is 1. The quantitative estimate of drug-likeness (QED) is 0.258. The Kier molecular flexibility index (Phi) is 6.03. The van der Waals surface area contributed by atoms with Crippen LogP contribution in [0.1, 0.15) is 42.4 Å². The van der Waals surface area contributed by atoms with Crippen LogP contribution >= 0.6 is 15.9 Å². The van der Waals surface area contributed by atoms with Crippen LogP contribution in [0, 0.1) is 0 Å². The van der Waals surface area contributed by atoms with E-state index in [9.17, 15) is 14.7 Å². The zero-order valence-electron chi connectivity index (χ0n) is 16.9. The lowest BCUT2D eigenvalue weighted by Crippen LogP contribution is -2.27. The van der Waals surface area contributed by atoms with Gasteiger partial charge in [0.15, 0.2) is 15.9 Å². The number of imidazole rings is 1. The first-order chi connectivity index (χ1) is 15.0. The van der Waals surface area contributed by atoms with Crippen molar-refractivity contribution in [3.05, 3.63) is 50.7 Å². The van der Waals surface area contributed by atoms with E-state index in [1.54, 1.807) is 12.1 Å². The van der Waals surface area contributed by atoms with Crippen LogP contribution < -0.4 is 10.9 Å². The maximum absolute atomic E-state index is 13.1. The average Bonchev–Trinajstić information content (AvgIpc) is 3.35. The normalized spacial score (nSPS) is 11.4. The standard InChI is InChI=1S/C20H22BrN7O3/c1-2-3-4-11-27-16-15(23-19(21)24-16)18(31)28-14(25-26-20(27)28)9-10-22-17(30)12-5-7-13(29)8-6-12/h5-8,29H,2-4,9-11H2,1H3,(H,22,30)(H,23,24). The molecule has 1 aromatic carbocycles. The van der Waals surface area contributed by atoms with Crippen LogP contribution in [0.5, 0.6) is 5.75 Å². The van der Waals surface area contributed by atoms with Gasteiger partial charge in [-0.25, -0.2) is 9.38 Å². The van der Waals surface area contributed by atoms with E-state index in [1.807, 2.05) is 4.57 Å². The van der Waals surface area contributed by atoms with Crippen molar-refractivity contribution in [3.8, 4) is 5.75 Å². The molecule has 3 heterocycles. The number of aromatic nitrogens is 6. The number of halogens is 1. The summed E-state index contributed by atoms with van der Waals surface area (Å²) in [6, 6.07) is 5.99. The number of aromatic amines is 1. The Morgan fingerprint density at radius 1 is 1.23 bits per heavy atom. The van der Waals surface area contributed by atoms with Gasteiger partial charge in [-0.3, -0.25) is 14.2 Å². The zero-order valence-corrected chi connectivity index (χ0v) is 18.5. The van der Waals surface area contributed by atoms with Gasteiger partial charge < -0.3 is 15.4 Å². The van der Waals surface area contributed by atoms with Crippen molar-refractivity contribution in [2.75, 3.05) is 6.54 Å². The number of rotatable bonds is 8. The van der Waals surface area contributed by atoms with Gasteiger partial charge in [0.05, 0.1) is 0 Å². The van der Waals surface area contributed by atoms with E-state index in [4.69, 9.17) is 0 Å². The summed E-state index contributed by atoms with van der Waals surface area (Å²) in [7, 11) is 0. The van der Waals surface area contributed by atoms with Crippen LogP contribution in [-0.4, -0.2) is 46.7 Å². The van der Waals surface area contributed by atoms with Crippen molar-refractivity contribution in [2.45, 2.75) is 39.2 Å². The van der Waals surface area contributed by atoms with Gasteiger partial charge >= 0.3 is 0 Å². The minimum absolute atomic E-state index is 0.0958. The van der Waals surface area contributed by atoms with Crippen molar-refractivity contribution in [1.29, 1.82) is 0 Å². The predicted octanol–water partition coefficient (Wildman–Crippen LogP) is 2.40. The Morgan fingerprint density at radius 3 is 2.74 bits per heavy atom. The molecule has 0 saturated carbocycles. The number of unbranched alkanes of at least 4 members (excludes halogenated alkanes) is 2. The van der Waals surface area contributed by atoms with E-state index < -0.39 is 0 Å². The molecule has 1 amide bonds. The lowest BCUT2D eigenvalue weighted by Gasteiger charge is -2.09. The Balaban J connectivity index is 1.60. The van der Waals surface area contributed by atoms with Crippen LogP contribution in [-0.2, 0) is 13.0 Å². The highest BCUT2D eigenvalue weighted by Gasteiger charge is 2.19. The highest BCUT2D eigenvalue weighted by atomic mass is 79.9. The topological polar surface area (TPSA) is 130 Å². The fourth-order valence-electron chi connectivity index (χ4n) is 3.47. The fourth-order valence-corrected chi connectivity index (χ4v) is 3.83. The van der Waals surface area contributed by atoms with E-state index in [0.29, 0.717) is 46.0 Å². The molecule has 0 unspecified atom stereocenters. The molecular weight excluding hydrogens is 466 g/mol. The molecule has 10 nitrogen and oxygen atoms in total.